The largest absolute Gasteiger partial charge is 0.454 e. The second-order valence-corrected chi connectivity index (χ2v) is 7.94. The Labute approximate surface area is 165 Å². The molecule has 2 aromatic heterocycles. The molecule has 2 aromatic carbocycles. The Morgan fingerprint density at radius 3 is 2.46 bits per heavy atom. The van der Waals surface area contributed by atoms with Gasteiger partial charge in [-0.25, -0.2) is 9.97 Å². The maximum atomic E-state index is 6.51. The second kappa shape index (κ2) is 5.74. The number of rotatable bonds is 2. The molecule has 138 valence electrons. The first-order chi connectivity index (χ1) is 13.4. The van der Waals surface area contributed by atoms with Crippen molar-refractivity contribution < 1.29 is 4.42 Å². The lowest BCUT2D eigenvalue weighted by molar-refractivity contribution is 0.555. The normalized spacial score (nSPS) is 16.9. The van der Waals surface area contributed by atoms with Crippen LogP contribution in [0.4, 0.5) is 17.3 Å². The Morgan fingerprint density at radius 1 is 1.00 bits per heavy atom. The van der Waals surface area contributed by atoms with Crippen molar-refractivity contribution in [3.63, 3.8) is 0 Å². The molecule has 1 atom stereocenters. The maximum Gasteiger partial charge on any atom is 0.178 e. The summed E-state index contributed by atoms with van der Waals surface area (Å²) >= 11 is 0. The highest BCUT2D eigenvalue weighted by molar-refractivity contribution is 6.17. The number of fused-ring (bicyclic) bond motifs is 4. The van der Waals surface area contributed by atoms with Gasteiger partial charge < -0.3 is 9.32 Å². The van der Waals surface area contributed by atoms with Crippen LogP contribution in [0.5, 0.6) is 0 Å². The molecule has 0 saturated carbocycles. The van der Waals surface area contributed by atoms with Crippen molar-refractivity contribution in [2.75, 3.05) is 9.80 Å². The molecule has 1 unspecified atom stereocenters. The van der Waals surface area contributed by atoms with Crippen LogP contribution >= 0.6 is 0 Å². The second-order valence-electron chi connectivity index (χ2n) is 7.94. The van der Waals surface area contributed by atoms with Gasteiger partial charge in [0.25, 0.3) is 0 Å². The number of nitrogens with zero attached hydrogens (tertiary/aromatic N) is 4. The predicted octanol–water partition coefficient (Wildman–Crippen LogP) is 4.89. The molecule has 1 aliphatic heterocycles. The molecule has 0 spiro atoms. The lowest BCUT2D eigenvalue weighted by atomic mass is 9.80. The van der Waals surface area contributed by atoms with Crippen LogP contribution < -0.4 is 9.80 Å². The molecule has 6 heteroatoms. The van der Waals surface area contributed by atoms with Gasteiger partial charge in [0.2, 0.25) is 0 Å². The van der Waals surface area contributed by atoms with E-state index in [-0.39, 0.29) is 6.17 Å². The average Bonchev–Trinajstić information content (AvgIpc) is 3.16. The van der Waals surface area contributed by atoms with Crippen molar-refractivity contribution >= 4 is 47.1 Å². The van der Waals surface area contributed by atoms with Crippen LogP contribution in [0.15, 0.2) is 53.2 Å². The number of furan rings is 1. The number of hydrogen-bond acceptors (Lipinski definition) is 5. The van der Waals surface area contributed by atoms with Gasteiger partial charge in [0.1, 0.15) is 19.6 Å². The molecule has 5 nitrogen and oxygen atoms in total. The summed E-state index contributed by atoms with van der Waals surface area (Å²) in [4.78, 5) is 13.6. The van der Waals surface area contributed by atoms with E-state index in [4.69, 9.17) is 12.3 Å². The predicted molar refractivity (Wildman–Crippen MR) is 114 cm³/mol. The number of para-hydroxylation sites is 1. The molecule has 3 heterocycles. The molecule has 0 N–H and O–H groups in total. The van der Waals surface area contributed by atoms with Crippen LogP contribution in [0, 0.1) is 6.92 Å². The van der Waals surface area contributed by atoms with Gasteiger partial charge in [0, 0.05) is 23.2 Å². The fourth-order valence-electron chi connectivity index (χ4n) is 4.35. The first-order valence-corrected chi connectivity index (χ1v) is 9.47. The summed E-state index contributed by atoms with van der Waals surface area (Å²) in [6.07, 6.45) is 3.37. The van der Waals surface area contributed by atoms with Crippen molar-refractivity contribution in [1.29, 1.82) is 0 Å². The zero-order valence-corrected chi connectivity index (χ0v) is 16.5. The average molecular weight is 368 g/mol. The lowest BCUT2D eigenvalue weighted by Gasteiger charge is -2.39. The molecule has 4 aromatic rings. The molecule has 1 aliphatic rings. The van der Waals surface area contributed by atoms with Crippen molar-refractivity contribution in [1.82, 2.24) is 9.97 Å². The molecule has 0 fully saturated rings. The molecular weight excluding hydrogens is 347 g/mol. The van der Waals surface area contributed by atoms with Gasteiger partial charge in [-0.15, -0.1) is 0 Å². The van der Waals surface area contributed by atoms with Gasteiger partial charge in [-0.2, -0.15) is 0 Å². The van der Waals surface area contributed by atoms with E-state index in [1.54, 1.807) is 12.4 Å². The van der Waals surface area contributed by atoms with Crippen LogP contribution in [0.3, 0.4) is 0 Å². The highest BCUT2D eigenvalue weighted by atomic mass is 16.3. The van der Waals surface area contributed by atoms with Gasteiger partial charge in [-0.3, -0.25) is 4.90 Å². The standard InChI is InChI=1S/C22H21BN4O/c1-13-9-10-16-15-7-5-6-8-17(15)28-19(16)18(13)26-14(2)27(22(3,4)23)21-20(26)24-11-12-25-21/h5-12,14H,1-4H3. The van der Waals surface area contributed by atoms with Crippen molar-refractivity contribution in [3.8, 4) is 0 Å². The fraction of sp³-hybridized carbons (Fsp3) is 0.273. The highest BCUT2D eigenvalue weighted by Crippen LogP contribution is 2.48. The SMILES string of the molecule is [B]C(C)(C)N1c2nccnc2N(c2c(C)ccc3c2oc2ccccc23)C1C. The van der Waals surface area contributed by atoms with E-state index in [0.717, 1.165) is 44.8 Å². The minimum absolute atomic E-state index is 0.0603. The highest BCUT2D eigenvalue weighted by Gasteiger charge is 2.42. The molecule has 0 saturated heterocycles. The van der Waals surface area contributed by atoms with E-state index in [1.165, 1.54) is 0 Å². The van der Waals surface area contributed by atoms with Crippen LogP contribution in [0.2, 0.25) is 0 Å². The molecule has 0 bridgehead atoms. The van der Waals surface area contributed by atoms with Crippen LogP contribution in [0.25, 0.3) is 21.9 Å². The summed E-state index contributed by atoms with van der Waals surface area (Å²) in [5.41, 5.74) is 3.28. The first-order valence-electron chi connectivity index (χ1n) is 9.47. The van der Waals surface area contributed by atoms with Crippen LogP contribution in [0.1, 0.15) is 26.3 Å². The third kappa shape index (κ3) is 2.27. The molecular formula is C22H21BN4O. The zero-order chi connectivity index (χ0) is 19.6. The molecule has 5 rings (SSSR count). The van der Waals surface area contributed by atoms with E-state index >= 15 is 0 Å². The molecule has 0 aliphatic carbocycles. The third-order valence-electron chi connectivity index (χ3n) is 5.45. The number of aryl methyl sites for hydroxylation is 1. The maximum absolute atomic E-state index is 6.51. The van der Waals surface area contributed by atoms with E-state index in [1.807, 2.05) is 32.0 Å². The molecule has 28 heavy (non-hydrogen) atoms. The number of hydrogen-bond donors (Lipinski definition) is 0. The Morgan fingerprint density at radius 2 is 1.71 bits per heavy atom. The minimum Gasteiger partial charge on any atom is -0.454 e. The number of aromatic nitrogens is 2. The zero-order valence-electron chi connectivity index (χ0n) is 16.5. The molecule has 2 radical (unpaired) electrons. The van der Waals surface area contributed by atoms with Crippen molar-refractivity contribution in [3.05, 3.63) is 54.4 Å². The summed E-state index contributed by atoms with van der Waals surface area (Å²) in [6, 6.07) is 12.4. The van der Waals surface area contributed by atoms with Gasteiger partial charge in [0.15, 0.2) is 17.2 Å². The first kappa shape index (κ1) is 17.1. The monoisotopic (exact) mass is 368 g/mol. The van der Waals surface area contributed by atoms with E-state index in [0.29, 0.717) is 0 Å². The van der Waals surface area contributed by atoms with Gasteiger partial charge in [0.05, 0.1) is 5.69 Å². The number of anilines is 3. The summed E-state index contributed by atoms with van der Waals surface area (Å²) < 4.78 is 6.32. The Balaban J connectivity index is 1.82. The van der Waals surface area contributed by atoms with Gasteiger partial charge in [-0.1, -0.05) is 44.2 Å². The summed E-state index contributed by atoms with van der Waals surface area (Å²) in [5, 5.41) is 2.21. The quantitative estimate of drug-likeness (QED) is 0.471. The number of benzene rings is 2. The van der Waals surface area contributed by atoms with E-state index in [2.05, 4.69) is 51.8 Å². The van der Waals surface area contributed by atoms with Crippen molar-refractivity contribution in [2.45, 2.75) is 39.3 Å². The van der Waals surface area contributed by atoms with Gasteiger partial charge >= 0.3 is 0 Å². The molecule has 0 amide bonds. The van der Waals surface area contributed by atoms with E-state index < -0.39 is 5.44 Å². The van der Waals surface area contributed by atoms with Gasteiger partial charge in [-0.05, 0) is 30.9 Å². The Bertz CT molecular complexity index is 1210. The topological polar surface area (TPSA) is 45.4 Å². The van der Waals surface area contributed by atoms with Crippen molar-refractivity contribution in [2.24, 2.45) is 0 Å². The van der Waals surface area contributed by atoms with Crippen LogP contribution in [-0.4, -0.2) is 29.4 Å². The fourth-order valence-corrected chi connectivity index (χ4v) is 4.35. The Hall–Kier alpha value is -3.02. The van der Waals surface area contributed by atoms with E-state index in [9.17, 15) is 0 Å². The summed E-state index contributed by atoms with van der Waals surface area (Å²) in [5.74, 6) is 1.58. The Kier molecular flexibility index (Phi) is 3.51. The third-order valence-corrected chi connectivity index (χ3v) is 5.45. The summed E-state index contributed by atoms with van der Waals surface area (Å²) in [7, 11) is 6.51. The minimum atomic E-state index is -0.589. The van der Waals surface area contributed by atoms with Crippen LogP contribution in [-0.2, 0) is 0 Å². The summed E-state index contributed by atoms with van der Waals surface area (Å²) in [6.45, 7) is 8.19. The smallest absolute Gasteiger partial charge is 0.178 e. The lowest BCUT2D eigenvalue weighted by Crippen LogP contribution is -2.51.